The lowest BCUT2D eigenvalue weighted by Crippen LogP contribution is -2.39. The van der Waals surface area contributed by atoms with Crippen molar-refractivity contribution in [3.05, 3.63) is 24.8 Å². The minimum Gasteiger partial charge on any atom is -0.479 e. The SMILES string of the molecule is C=CC[C@H](O[C@H]1C[C@@H](OC2CCCCO2)[C@H](CO[Si](C)(C)CC(C)C)[C@H]1C=CC)C(=O)O. The quantitative estimate of drug-likeness (QED) is 0.288. The van der Waals surface area contributed by atoms with Gasteiger partial charge in [-0.25, -0.2) is 4.79 Å². The third-order valence-electron chi connectivity index (χ3n) is 6.31. The number of hydrogen-bond acceptors (Lipinski definition) is 5. The molecule has 1 heterocycles. The van der Waals surface area contributed by atoms with Crippen LogP contribution >= 0.6 is 0 Å². The van der Waals surface area contributed by atoms with Crippen molar-refractivity contribution < 1.29 is 28.5 Å². The molecule has 2 rings (SSSR count). The zero-order valence-electron chi connectivity index (χ0n) is 20.6. The van der Waals surface area contributed by atoms with E-state index < -0.39 is 20.4 Å². The Hall–Kier alpha value is -0.993. The molecular weight excluding hydrogens is 424 g/mol. The fraction of sp³-hybridized carbons (Fsp3) is 0.800. The monoisotopic (exact) mass is 468 g/mol. The number of ether oxygens (including phenoxy) is 3. The van der Waals surface area contributed by atoms with Gasteiger partial charge in [0.25, 0.3) is 0 Å². The van der Waals surface area contributed by atoms with Crippen LogP contribution in [0.3, 0.4) is 0 Å². The molecule has 0 aromatic carbocycles. The molecule has 0 bridgehead atoms. The van der Waals surface area contributed by atoms with Gasteiger partial charge in [0.2, 0.25) is 0 Å². The number of carboxylic acids is 1. The molecule has 1 saturated heterocycles. The third-order valence-corrected chi connectivity index (χ3v) is 9.05. The second-order valence-corrected chi connectivity index (χ2v) is 14.4. The zero-order chi connectivity index (χ0) is 23.7. The highest BCUT2D eigenvalue weighted by molar-refractivity contribution is 6.71. The lowest BCUT2D eigenvalue weighted by atomic mass is 9.93. The van der Waals surface area contributed by atoms with Crippen LogP contribution in [0.25, 0.3) is 0 Å². The molecule has 0 amide bonds. The molecule has 1 N–H and O–H groups in total. The second kappa shape index (κ2) is 13.0. The molecule has 2 aliphatic rings. The maximum atomic E-state index is 11.7. The molecule has 1 unspecified atom stereocenters. The van der Waals surface area contributed by atoms with E-state index in [0.717, 1.165) is 31.9 Å². The lowest BCUT2D eigenvalue weighted by molar-refractivity contribution is -0.198. The van der Waals surface area contributed by atoms with Crippen molar-refractivity contribution in [2.24, 2.45) is 17.8 Å². The maximum Gasteiger partial charge on any atom is 0.333 e. The van der Waals surface area contributed by atoms with Crippen LogP contribution in [0.1, 0.15) is 52.9 Å². The van der Waals surface area contributed by atoms with Gasteiger partial charge in [0.05, 0.1) is 12.2 Å². The van der Waals surface area contributed by atoms with Crippen LogP contribution < -0.4 is 0 Å². The van der Waals surface area contributed by atoms with Crippen LogP contribution in [0.15, 0.2) is 24.8 Å². The van der Waals surface area contributed by atoms with Crippen LogP contribution in [0.2, 0.25) is 19.1 Å². The Kier molecular flexibility index (Phi) is 11.1. The smallest absolute Gasteiger partial charge is 0.333 e. The first-order chi connectivity index (χ1) is 15.2. The van der Waals surface area contributed by atoms with E-state index in [1.807, 2.05) is 13.0 Å². The number of allylic oxidation sites excluding steroid dienone is 1. The molecule has 6 atom stereocenters. The number of rotatable bonds is 13. The molecule has 1 saturated carbocycles. The van der Waals surface area contributed by atoms with E-state index in [4.69, 9.17) is 18.6 Å². The van der Waals surface area contributed by atoms with Crippen molar-refractivity contribution in [1.82, 2.24) is 0 Å². The van der Waals surface area contributed by atoms with Crippen LogP contribution in [0, 0.1) is 17.8 Å². The second-order valence-electron chi connectivity index (χ2n) is 10.2. The Morgan fingerprint density at radius 2 is 2.03 bits per heavy atom. The van der Waals surface area contributed by atoms with Gasteiger partial charge in [-0.05, 0) is 51.2 Å². The van der Waals surface area contributed by atoms with E-state index in [1.54, 1.807) is 6.08 Å². The van der Waals surface area contributed by atoms with Gasteiger partial charge in [0, 0.05) is 37.9 Å². The average Bonchev–Trinajstić information content (AvgIpc) is 3.02. The highest BCUT2D eigenvalue weighted by atomic mass is 28.4. The number of carbonyl (C=O) groups is 1. The van der Waals surface area contributed by atoms with Gasteiger partial charge in [-0.15, -0.1) is 6.58 Å². The Labute approximate surface area is 195 Å². The summed E-state index contributed by atoms with van der Waals surface area (Å²) >= 11 is 0. The van der Waals surface area contributed by atoms with Gasteiger partial charge in [-0.2, -0.15) is 0 Å². The number of aliphatic carboxylic acids is 1. The Bertz CT molecular complexity index is 614. The van der Waals surface area contributed by atoms with Crippen LogP contribution in [0.5, 0.6) is 0 Å². The predicted molar refractivity (Wildman–Crippen MR) is 129 cm³/mol. The first-order valence-corrected chi connectivity index (χ1v) is 15.3. The highest BCUT2D eigenvalue weighted by Crippen LogP contribution is 2.40. The molecule has 7 heteroatoms. The summed E-state index contributed by atoms with van der Waals surface area (Å²) in [6, 6.07) is 1.10. The largest absolute Gasteiger partial charge is 0.479 e. The molecule has 184 valence electrons. The number of carboxylic acid groups (broad SMARTS) is 1. The summed E-state index contributed by atoms with van der Waals surface area (Å²) in [7, 11) is -1.81. The van der Waals surface area contributed by atoms with Gasteiger partial charge in [-0.1, -0.05) is 32.1 Å². The fourth-order valence-electron chi connectivity index (χ4n) is 5.05. The topological polar surface area (TPSA) is 74.2 Å². The minimum absolute atomic E-state index is 0.0316. The van der Waals surface area contributed by atoms with Gasteiger partial charge in [0.15, 0.2) is 20.7 Å². The third kappa shape index (κ3) is 8.41. The van der Waals surface area contributed by atoms with Gasteiger partial charge < -0.3 is 23.7 Å². The highest BCUT2D eigenvalue weighted by Gasteiger charge is 2.46. The maximum absolute atomic E-state index is 11.7. The summed E-state index contributed by atoms with van der Waals surface area (Å²) < 4.78 is 25.0. The van der Waals surface area contributed by atoms with E-state index in [0.29, 0.717) is 18.9 Å². The van der Waals surface area contributed by atoms with E-state index >= 15 is 0 Å². The minimum atomic E-state index is -1.81. The summed E-state index contributed by atoms with van der Waals surface area (Å²) in [5, 5.41) is 9.61. The first kappa shape index (κ1) is 27.3. The van der Waals surface area contributed by atoms with Gasteiger partial charge in [-0.3, -0.25) is 0 Å². The van der Waals surface area contributed by atoms with Crippen molar-refractivity contribution in [2.45, 2.75) is 96.6 Å². The van der Waals surface area contributed by atoms with E-state index in [2.05, 4.69) is 39.6 Å². The van der Waals surface area contributed by atoms with Crippen molar-refractivity contribution in [3.63, 3.8) is 0 Å². The Morgan fingerprint density at radius 3 is 2.59 bits per heavy atom. The zero-order valence-corrected chi connectivity index (χ0v) is 21.6. The van der Waals surface area contributed by atoms with E-state index in [-0.39, 0.29) is 36.8 Å². The van der Waals surface area contributed by atoms with Crippen LogP contribution in [0.4, 0.5) is 0 Å². The first-order valence-electron chi connectivity index (χ1n) is 12.2. The fourth-order valence-corrected chi connectivity index (χ4v) is 7.78. The van der Waals surface area contributed by atoms with Gasteiger partial charge in [0.1, 0.15) is 0 Å². The molecule has 0 radical (unpaired) electrons. The standard InChI is InChI=1S/C25H44O6Si/c1-7-11-19-20(16-29-32(5,6)17-18(3)4)23(31-24-13-9-10-14-28-24)15-22(19)30-21(12-8-2)25(26)27/h7-8,11,18-24H,2,9-10,12-17H2,1,3-6H3,(H,26,27)/t19-,20-,21+,22+,23-,24?/m1/s1. The van der Waals surface area contributed by atoms with Crippen LogP contribution in [-0.4, -0.2) is 57.2 Å². The summed E-state index contributed by atoms with van der Waals surface area (Å²) in [6.07, 6.45) is 8.30. The van der Waals surface area contributed by atoms with Crippen molar-refractivity contribution >= 4 is 14.3 Å². The van der Waals surface area contributed by atoms with Gasteiger partial charge >= 0.3 is 5.97 Å². The molecule has 32 heavy (non-hydrogen) atoms. The van der Waals surface area contributed by atoms with Crippen molar-refractivity contribution in [3.8, 4) is 0 Å². The molecule has 1 aliphatic carbocycles. The van der Waals surface area contributed by atoms with Crippen molar-refractivity contribution in [1.29, 1.82) is 0 Å². The predicted octanol–water partition coefficient (Wildman–Crippen LogP) is 5.40. The van der Waals surface area contributed by atoms with Crippen molar-refractivity contribution in [2.75, 3.05) is 13.2 Å². The summed E-state index contributed by atoms with van der Waals surface area (Å²) in [6.45, 7) is 16.0. The molecule has 1 aliphatic heterocycles. The van der Waals surface area contributed by atoms with E-state index in [9.17, 15) is 9.90 Å². The Balaban J connectivity index is 2.20. The molecule has 6 nitrogen and oxygen atoms in total. The molecule has 0 spiro atoms. The lowest BCUT2D eigenvalue weighted by Gasteiger charge is -2.32. The molecule has 2 fully saturated rings. The van der Waals surface area contributed by atoms with Crippen LogP contribution in [-0.2, 0) is 23.4 Å². The number of hydrogen-bond donors (Lipinski definition) is 1. The summed E-state index contributed by atoms with van der Waals surface area (Å²) in [5.74, 6) is -0.231. The summed E-state index contributed by atoms with van der Waals surface area (Å²) in [4.78, 5) is 11.7. The Morgan fingerprint density at radius 1 is 1.28 bits per heavy atom. The molecular formula is C25H44O6Si. The normalized spacial score (nSPS) is 30.1. The molecule has 0 aromatic rings. The van der Waals surface area contributed by atoms with E-state index in [1.165, 1.54) is 0 Å². The molecule has 0 aromatic heterocycles. The summed E-state index contributed by atoms with van der Waals surface area (Å²) in [5.41, 5.74) is 0. The average molecular weight is 469 g/mol.